The number of fused-ring (bicyclic) bond motifs is 1. The Bertz CT molecular complexity index is 973. The van der Waals surface area contributed by atoms with Crippen LogP contribution in [0, 0.1) is 0 Å². The zero-order valence-corrected chi connectivity index (χ0v) is 16.2. The van der Waals surface area contributed by atoms with Crippen molar-refractivity contribution in [1.82, 2.24) is 0 Å². The normalized spacial score (nSPS) is 17.0. The number of hydrogen-bond donors (Lipinski definition) is 0. The fourth-order valence-electron chi connectivity index (χ4n) is 2.88. The fourth-order valence-corrected chi connectivity index (χ4v) is 4.17. The second-order valence-corrected chi connectivity index (χ2v) is 7.31. The molecule has 1 amide bonds. The Kier molecular flexibility index (Phi) is 4.67. The van der Waals surface area contributed by atoms with Crippen LogP contribution in [0.25, 0.3) is 6.08 Å². The van der Waals surface area contributed by atoms with Crippen molar-refractivity contribution in [2.24, 2.45) is 0 Å². The van der Waals surface area contributed by atoms with Crippen molar-refractivity contribution in [3.63, 3.8) is 0 Å². The van der Waals surface area contributed by atoms with Crippen molar-refractivity contribution in [3.8, 4) is 23.0 Å². The van der Waals surface area contributed by atoms with E-state index in [9.17, 15) is 4.79 Å². The van der Waals surface area contributed by atoms with Crippen LogP contribution in [-0.2, 0) is 4.79 Å². The first-order valence-corrected chi connectivity index (χ1v) is 9.23. The Morgan fingerprint density at radius 2 is 1.96 bits per heavy atom. The standard InChI is InChI=1S/C19H15NO5S2/c1-22-14-5-3-4-11(17(14)23-2)8-16-18(21)20(19(26)27-16)12-6-7-13-15(9-12)25-10-24-13/h3-9H,10H2,1-2H3. The van der Waals surface area contributed by atoms with Gasteiger partial charge in [-0.2, -0.15) is 0 Å². The van der Waals surface area contributed by atoms with Crippen LogP contribution in [0.1, 0.15) is 5.56 Å². The van der Waals surface area contributed by atoms with Gasteiger partial charge in [-0.25, -0.2) is 0 Å². The molecule has 2 aliphatic heterocycles. The summed E-state index contributed by atoms with van der Waals surface area (Å²) in [6.45, 7) is 0.173. The van der Waals surface area contributed by atoms with E-state index in [1.165, 1.54) is 16.7 Å². The summed E-state index contributed by atoms with van der Waals surface area (Å²) in [6.07, 6.45) is 1.76. The molecule has 138 valence electrons. The van der Waals surface area contributed by atoms with Crippen LogP contribution < -0.4 is 23.8 Å². The van der Waals surface area contributed by atoms with Gasteiger partial charge in [0.15, 0.2) is 27.3 Å². The first-order chi connectivity index (χ1) is 13.1. The van der Waals surface area contributed by atoms with Gasteiger partial charge in [-0.1, -0.05) is 36.1 Å². The van der Waals surface area contributed by atoms with E-state index in [1.54, 1.807) is 44.6 Å². The third-order valence-corrected chi connectivity index (χ3v) is 5.43. The smallest absolute Gasteiger partial charge is 0.270 e. The quantitative estimate of drug-likeness (QED) is 0.570. The molecule has 0 saturated carbocycles. The van der Waals surface area contributed by atoms with Gasteiger partial charge in [0.05, 0.1) is 24.8 Å². The Balaban J connectivity index is 1.68. The second kappa shape index (κ2) is 7.13. The summed E-state index contributed by atoms with van der Waals surface area (Å²) < 4.78 is 21.9. The first-order valence-electron chi connectivity index (χ1n) is 8.01. The minimum absolute atomic E-state index is 0.173. The maximum atomic E-state index is 13.0. The molecule has 2 aromatic carbocycles. The molecule has 0 atom stereocenters. The number of nitrogens with zero attached hydrogens (tertiary/aromatic N) is 1. The lowest BCUT2D eigenvalue weighted by Gasteiger charge is -2.15. The van der Waals surface area contributed by atoms with Crippen LogP contribution in [0.5, 0.6) is 23.0 Å². The van der Waals surface area contributed by atoms with E-state index in [0.717, 1.165) is 5.56 Å². The molecule has 6 nitrogen and oxygen atoms in total. The molecular formula is C19H15NO5S2. The maximum Gasteiger partial charge on any atom is 0.270 e. The largest absolute Gasteiger partial charge is 0.493 e. The molecule has 0 bridgehead atoms. The van der Waals surface area contributed by atoms with Gasteiger partial charge in [-0.05, 0) is 24.3 Å². The molecule has 2 aromatic rings. The van der Waals surface area contributed by atoms with Gasteiger partial charge >= 0.3 is 0 Å². The monoisotopic (exact) mass is 401 g/mol. The Labute approximate surface area is 165 Å². The van der Waals surface area contributed by atoms with Gasteiger partial charge in [0.1, 0.15) is 0 Å². The summed E-state index contributed by atoms with van der Waals surface area (Å²) in [5.74, 6) is 2.21. The molecular weight excluding hydrogens is 386 g/mol. The van der Waals surface area contributed by atoms with E-state index in [1.807, 2.05) is 12.1 Å². The molecule has 1 saturated heterocycles. The van der Waals surface area contributed by atoms with Crippen LogP contribution in [0.3, 0.4) is 0 Å². The third kappa shape index (κ3) is 3.11. The predicted octanol–water partition coefficient (Wildman–Crippen LogP) is 3.84. The van der Waals surface area contributed by atoms with Crippen molar-refractivity contribution in [2.75, 3.05) is 25.9 Å². The molecule has 0 radical (unpaired) electrons. The number of rotatable bonds is 4. The summed E-state index contributed by atoms with van der Waals surface area (Å²) in [5.41, 5.74) is 1.38. The number of thioether (sulfide) groups is 1. The minimum Gasteiger partial charge on any atom is -0.493 e. The van der Waals surface area contributed by atoms with E-state index >= 15 is 0 Å². The summed E-state index contributed by atoms with van der Waals surface area (Å²) in [7, 11) is 3.13. The average Bonchev–Trinajstić information content (AvgIpc) is 3.25. The molecule has 0 aromatic heterocycles. The van der Waals surface area contributed by atoms with Crippen molar-refractivity contribution in [2.45, 2.75) is 0 Å². The number of methoxy groups -OCH3 is 2. The number of para-hydroxylation sites is 1. The van der Waals surface area contributed by atoms with E-state index in [4.69, 9.17) is 31.2 Å². The highest BCUT2D eigenvalue weighted by Gasteiger charge is 2.34. The number of thiocarbonyl (C=S) groups is 1. The van der Waals surface area contributed by atoms with Crippen LogP contribution in [-0.4, -0.2) is 31.2 Å². The lowest BCUT2D eigenvalue weighted by atomic mass is 10.1. The number of anilines is 1. The van der Waals surface area contributed by atoms with Crippen molar-refractivity contribution >= 4 is 46.0 Å². The van der Waals surface area contributed by atoms with Gasteiger partial charge in [-0.15, -0.1) is 0 Å². The Hall–Kier alpha value is -2.71. The van der Waals surface area contributed by atoms with E-state index in [-0.39, 0.29) is 12.7 Å². The summed E-state index contributed by atoms with van der Waals surface area (Å²) in [4.78, 5) is 15.0. The Morgan fingerprint density at radius 1 is 1.15 bits per heavy atom. The van der Waals surface area contributed by atoms with Crippen LogP contribution in [0.2, 0.25) is 0 Å². The summed E-state index contributed by atoms with van der Waals surface area (Å²) >= 11 is 6.67. The van der Waals surface area contributed by atoms with Crippen molar-refractivity contribution in [1.29, 1.82) is 0 Å². The van der Waals surface area contributed by atoms with Gasteiger partial charge in [0.25, 0.3) is 5.91 Å². The highest BCUT2D eigenvalue weighted by Crippen LogP contribution is 2.42. The predicted molar refractivity (Wildman–Crippen MR) is 108 cm³/mol. The van der Waals surface area contributed by atoms with Crippen molar-refractivity contribution in [3.05, 3.63) is 46.9 Å². The topological polar surface area (TPSA) is 57.2 Å². The minimum atomic E-state index is -0.200. The molecule has 2 aliphatic rings. The van der Waals surface area contributed by atoms with E-state index < -0.39 is 0 Å². The Morgan fingerprint density at radius 3 is 2.74 bits per heavy atom. The lowest BCUT2D eigenvalue weighted by Crippen LogP contribution is -2.27. The number of ether oxygens (including phenoxy) is 4. The number of carbonyl (C=O) groups is 1. The molecule has 0 N–H and O–H groups in total. The highest BCUT2D eigenvalue weighted by atomic mass is 32.2. The van der Waals surface area contributed by atoms with Gasteiger partial charge in [-0.3, -0.25) is 9.69 Å². The molecule has 0 aliphatic carbocycles. The average molecular weight is 401 g/mol. The van der Waals surface area contributed by atoms with Gasteiger partial charge in [0, 0.05) is 11.6 Å². The SMILES string of the molecule is COc1cccc(C=C2SC(=S)N(c3ccc4c(c3)OCO4)C2=O)c1OC. The van der Waals surface area contributed by atoms with Gasteiger partial charge in [0.2, 0.25) is 6.79 Å². The number of amides is 1. The zero-order chi connectivity index (χ0) is 19.0. The summed E-state index contributed by atoms with van der Waals surface area (Å²) in [6, 6.07) is 10.8. The number of benzene rings is 2. The first kappa shape index (κ1) is 17.7. The van der Waals surface area contributed by atoms with Gasteiger partial charge < -0.3 is 18.9 Å². The van der Waals surface area contributed by atoms with Crippen molar-refractivity contribution < 1.29 is 23.7 Å². The highest BCUT2D eigenvalue weighted by molar-refractivity contribution is 8.27. The summed E-state index contributed by atoms with van der Waals surface area (Å²) in [5, 5.41) is 0. The molecule has 1 fully saturated rings. The molecule has 2 heterocycles. The maximum absolute atomic E-state index is 13.0. The van der Waals surface area contributed by atoms with E-state index in [0.29, 0.717) is 37.9 Å². The fraction of sp³-hybridized carbons (Fsp3) is 0.158. The molecule has 4 rings (SSSR count). The van der Waals surface area contributed by atoms with Crippen LogP contribution in [0.15, 0.2) is 41.3 Å². The number of hydrogen-bond acceptors (Lipinski definition) is 7. The molecule has 27 heavy (non-hydrogen) atoms. The lowest BCUT2D eigenvalue weighted by molar-refractivity contribution is -0.113. The zero-order valence-electron chi connectivity index (χ0n) is 14.6. The number of carbonyl (C=O) groups excluding carboxylic acids is 1. The molecule has 0 spiro atoms. The van der Waals surface area contributed by atoms with Crippen LogP contribution in [0.4, 0.5) is 5.69 Å². The molecule has 8 heteroatoms. The second-order valence-electron chi connectivity index (χ2n) is 5.64. The third-order valence-electron chi connectivity index (χ3n) is 4.13. The molecule has 0 unspecified atom stereocenters. The van der Waals surface area contributed by atoms with E-state index in [2.05, 4.69) is 0 Å². The van der Waals surface area contributed by atoms with Crippen LogP contribution >= 0.6 is 24.0 Å².